The van der Waals surface area contributed by atoms with Gasteiger partial charge < -0.3 is 16.5 Å². The third-order valence-electron chi connectivity index (χ3n) is 2.00. The minimum Gasteiger partial charge on any atom is -0.370 e. The summed E-state index contributed by atoms with van der Waals surface area (Å²) in [5.41, 5.74) is 7.10. The van der Waals surface area contributed by atoms with Crippen LogP contribution in [0.15, 0.2) is 10.8 Å². The topological polar surface area (TPSA) is 119 Å². The molecule has 0 radical (unpaired) electrons. The van der Waals surface area contributed by atoms with E-state index in [0.29, 0.717) is 16.1 Å². The van der Waals surface area contributed by atoms with Crippen molar-refractivity contribution in [2.24, 2.45) is 11.6 Å². The fourth-order valence-electron chi connectivity index (χ4n) is 1.36. The van der Waals surface area contributed by atoms with Crippen molar-refractivity contribution in [2.45, 2.75) is 25.8 Å². The van der Waals surface area contributed by atoms with Crippen molar-refractivity contribution in [1.29, 1.82) is 0 Å². The fourth-order valence-corrected chi connectivity index (χ4v) is 1.78. The van der Waals surface area contributed by atoms with Gasteiger partial charge in [-0.15, -0.1) is 0 Å². The lowest BCUT2D eigenvalue weighted by atomic mass is 10.0. The molecule has 1 aromatic heterocycles. The average molecular weight is 303 g/mol. The van der Waals surface area contributed by atoms with Gasteiger partial charge in [-0.05, 0) is 29.8 Å². The number of primary amides is 1. The second-order valence-corrected chi connectivity index (χ2v) is 4.97. The third kappa shape index (κ3) is 3.82. The largest absolute Gasteiger partial charge is 0.370 e. The van der Waals surface area contributed by atoms with E-state index in [1.165, 1.54) is 6.33 Å². The molecule has 0 aliphatic heterocycles. The van der Waals surface area contributed by atoms with Crippen molar-refractivity contribution >= 4 is 33.5 Å². The zero-order valence-corrected chi connectivity index (χ0v) is 11.2. The number of hydrogen-bond acceptors (Lipinski definition) is 6. The number of nitrogen functional groups attached to an aromatic ring is 1. The standard InChI is InChI=1S/C9H15BrN6O/c1-9(2,3-5(11)17)15-7-6(10)8(16-12)14-4-13-7/h4H,3,12H2,1-2H3,(H2,11,17)(H2,13,14,15,16). The summed E-state index contributed by atoms with van der Waals surface area (Å²) in [6.45, 7) is 3.70. The summed E-state index contributed by atoms with van der Waals surface area (Å²) >= 11 is 3.31. The summed E-state index contributed by atoms with van der Waals surface area (Å²) < 4.78 is 0.597. The number of hydrazine groups is 1. The number of rotatable bonds is 5. The smallest absolute Gasteiger partial charge is 0.219 e. The van der Waals surface area contributed by atoms with E-state index in [1.54, 1.807) is 0 Å². The maximum atomic E-state index is 10.9. The molecule has 0 saturated carbocycles. The monoisotopic (exact) mass is 302 g/mol. The molecule has 94 valence electrons. The summed E-state index contributed by atoms with van der Waals surface area (Å²) in [7, 11) is 0. The van der Waals surface area contributed by atoms with Crippen LogP contribution in [0.25, 0.3) is 0 Å². The molecular formula is C9H15BrN6O. The Morgan fingerprint density at radius 2 is 2.06 bits per heavy atom. The van der Waals surface area contributed by atoms with Crippen LogP contribution >= 0.6 is 15.9 Å². The number of amides is 1. The van der Waals surface area contributed by atoms with Crippen molar-refractivity contribution in [1.82, 2.24) is 9.97 Å². The first-order valence-electron chi connectivity index (χ1n) is 4.89. The Hall–Kier alpha value is -1.41. The van der Waals surface area contributed by atoms with E-state index in [4.69, 9.17) is 11.6 Å². The summed E-state index contributed by atoms with van der Waals surface area (Å²) in [6.07, 6.45) is 1.55. The molecule has 0 fully saturated rings. The maximum Gasteiger partial charge on any atom is 0.219 e. The minimum atomic E-state index is -0.505. The van der Waals surface area contributed by atoms with Crippen LogP contribution in [-0.4, -0.2) is 21.4 Å². The van der Waals surface area contributed by atoms with Gasteiger partial charge in [0, 0.05) is 12.0 Å². The number of nitrogens with two attached hydrogens (primary N) is 2. The number of nitrogens with one attached hydrogen (secondary N) is 2. The predicted octanol–water partition coefficient (Wildman–Crippen LogP) is 0.591. The number of anilines is 2. The summed E-state index contributed by atoms with van der Waals surface area (Å²) in [6, 6.07) is 0. The molecule has 0 atom stereocenters. The zero-order valence-electron chi connectivity index (χ0n) is 9.62. The predicted molar refractivity (Wildman–Crippen MR) is 69.1 cm³/mol. The van der Waals surface area contributed by atoms with Crippen LogP contribution in [0, 0.1) is 0 Å². The van der Waals surface area contributed by atoms with Crippen molar-refractivity contribution in [3.05, 3.63) is 10.8 Å². The second kappa shape index (κ2) is 5.28. The van der Waals surface area contributed by atoms with E-state index in [2.05, 4.69) is 36.6 Å². The van der Waals surface area contributed by atoms with Crippen molar-refractivity contribution < 1.29 is 4.79 Å². The Bertz CT molecular complexity index is 422. The van der Waals surface area contributed by atoms with E-state index >= 15 is 0 Å². The van der Waals surface area contributed by atoms with Crippen LogP contribution in [0.4, 0.5) is 11.6 Å². The molecule has 0 aliphatic carbocycles. The Labute approximate surface area is 107 Å². The van der Waals surface area contributed by atoms with Gasteiger partial charge >= 0.3 is 0 Å². The summed E-state index contributed by atoms with van der Waals surface area (Å²) in [4.78, 5) is 18.9. The lowest BCUT2D eigenvalue weighted by Gasteiger charge is -2.26. The van der Waals surface area contributed by atoms with Crippen LogP contribution in [-0.2, 0) is 4.79 Å². The number of aromatic nitrogens is 2. The van der Waals surface area contributed by atoms with Gasteiger partial charge in [0.15, 0.2) is 5.82 Å². The van der Waals surface area contributed by atoms with Gasteiger partial charge in [0.05, 0.1) is 0 Å². The summed E-state index contributed by atoms with van der Waals surface area (Å²) in [5.74, 6) is 5.90. The molecule has 7 nitrogen and oxygen atoms in total. The van der Waals surface area contributed by atoms with Gasteiger partial charge in [-0.3, -0.25) is 4.79 Å². The van der Waals surface area contributed by atoms with E-state index in [9.17, 15) is 4.79 Å². The third-order valence-corrected chi connectivity index (χ3v) is 2.75. The molecule has 0 saturated heterocycles. The highest BCUT2D eigenvalue weighted by atomic mass is 79.9. The highest BCUT2D eigenvalue weighted by molar-refractivity contribution is 9.10. The minimum absolute atomic E-state index is 0.189. The maximum absolute atomic E-state index is 10.9. The quantitative estimate of drug-likeness (QED) is 0.467. The van der Waals surface area contributed by atoms with Crippen LogP contribution in [0.1, 0.15) is 20.3 Å². The molecule has 17 heavy (non-hydrogen) atoms. The molecule has 0 aromatic carbocycles. The van der Waals surface area contributed by atoms with Crippen molar-refractivity contribution in [2.75, 3.05) is 10.7 Å². The molecule has 0 aliphatic rings. The van der Waals surface area contributed by atoms with Gasteiger partial charge in [0.1, 0.15) is 16.6 Å². The van der Waals surface area contributed by atoms with E-state index in [-0.39, 0.29) is 12.3 Å². The normalized spacial score (nSPS) is 11.1. The number of nitrogens with zero attached hydrogens (tertiary/aromatic N) is 2. The average Bonchev–Trinajstić information content (AvgIpc) is 2.19. The first kappa shape index (κ1) is 13.7. The number of hydrogen-bond donors (Lipinski definition) is 4. The van der Waals surface area contributed by atoms with Gasteiger partial charge in [0.2, 0.25) is 5.91 Å². The van der Waals surface area contributed by atoms with Crippen LogP contribution < -0.4 is 22.3 Å². The molecular weight excluding hydrogens is 288 g/mol. The Morgan fingerprint density at radius 3 is 2.59 bits per heavy atom. The van der Waals surface area contributed by atoms with Crippen LogP contribution in [0.2, 0.25) is 0 Å². The molecule has 0 spiro atoms. The number of carbonyl (C=O) groups excluding carboxylic acids is 1. The number of carbonyl (C=O) groups is 1. The number of halogens is 1. The highest BCUT2D eigenvalue weighted by Gasteiger charge is 2.22. The first-order chi connectivity index (χ1) is 7.85. The van der Waals surface area contributed by atoms with Gasteiger partial charge in [0.25, 0.3) is 0 Å². The molecule has 0 bridgehead atoms. The molecule has 8 heteroatoms. The molecule has 1 heterocycles. The van der Waals surface area contributed by atoms with E-state index < -0.39 is 5.54 Å². The Morgan fingerprint density at radius 1 is 1.47 bits per heavy atom. The lowest BCUT2D eigenvalue weighted by molar-refractivity contribution is -0.118. The second-order valence-electron chi connectivity index (χ2n) is 4.18. The summed E-state index contributed by atoms with van der Waals surface area (Å²) in [5, 5.41) is 3.10. The molecule has 0 unspecified atom stereocenters. The van der Waals surface area contributed by atoms with E-state index in [1.807, 2.05) is 13.8 Å². The van der Waals surface area contributed by atoms with Gasteiger partial charge in [-0.2, -0.15) is 0 Å². The van der Waals surface area contributed by atoms with Gasteiger partial charge in [-0.25, -0.2) is 15.8 Å². The zero-order chi connectivity index (χ0) is 13.1. The van der Waals surface area contributed by atoms with Crippen LogP contribution in [0.5, 0.6) is 0 Å². The fraction of sp³-hybridized carbons (Fsp3) is 0.444. The van der Waals surface area contributed by atoms with E-state index in [0.717, 1.165) is 0 Å². The Kier molecular flexibility index (Phi) is 4.24. The molecule has 6 N–H and O–H groups in total. The van der Waals surface area contributed by atoms with Crippen LogP contribution in [0.3, 0.4) is 0 Å². The molecule has 1 rings (SSSR count). The molecule has 1 amide bonds. The lowest BCUT2D eigenvalue weighted by Crippen LogP contribution is -2.36. The Balaban J connectivity index is 2.91. The molecule has 1 aromatic rings. The SMILES string of the molecule is CC(C)(CC(N)=O)Nc1ncnc(NN)c1Br. The first-order valence-corrected chi connectivity index (χ1v) is 5.68. The highest BCUT2D eigenvalue weighted by Crippen LogP contribution is 2.28. The van der Waals surface area contributed by atoms with Crippen molar-refractivity contribution in [3.8, 4) is 0 Å². The van der Waals surface area contributed by atoms with Gasteiger partial charge in [-0.1, -0.05) is 0 Å². The van der Waals surface area contributed by atoms with Crippen molar-refractivity contribution in [3.63, 3.8) is 0 Å².